The Hall–Kier alpha value is -0.900. The van der Waals surface area contributed by atoms with Crippen LogP contribution >= 0.6 is 11.3 Å². The van der Waals surface area contributed by atoms with E-state index in [4.69, 9.17) is 0 Å². The summed E-state index contributed by atoms with van der Waals surface area (Å²) in [5.41, 5.74) is 1.24. The van der Waals surface area contributed by atoms with E-state index in [2.05, 4.69) is 17.2 Å². The van der Waals surface area contributed by atoms with E-state index in [1.165, 1.54) is 42.7 Å². The molecule has 19 heavy (non-hydrogen) atoms. The summed E-state index contributed by atoms with van der Waals surface area (Å²) in [5, 5.41) is 4.41. The summed E-state index contributed by atoms with van der Waals surface area (Å²) in [5.74, 6) is 0.456. The smallest absolute Gasteiger partial charge is 0.223 e. The van der Waals surface area contributed by atoms with Gasteiger partial charge in [-0.05, 0) is 39.0 Å². The van der Waals surface area contributed by atoms with Crippen LogP contribution in [0.2, 0.25) is 0 Å². The third-order valence-electron chi connectivity index (χ3n) is 4.37. The molecule has 1 fully saturated rings. The largest absolute Gasteiger partial charge is 0.353 e. The average molecular weight is 278 g/mol. The van der Waals surface area contributed by atoms with Gasteiger partial charge in [0.2, 0.25) is 5.91 Å². The van der Waals surface area contributed by atoms with E-state index in [0.717, 1.165) is 24.3 Å². The Morgan fingerprint density at radius 3 is 2.84 bits per heavy atom. The van der Waals surface area contributed by atoms with Gasteiger partial charge in [-0.3, -0.25) is 4.79 Å². The molecule has 2 aliphatic rings. The predicted molar refractivity (Wildman–Crippen MR) is 77.4 cm³/mol. The van der Waals surface area contributed by atoms with Crippen LogP contribution < -0.4 is 5.32 Å². The minimum atomic E-state index is 0.175. The lowest BCUT2D eigenvalue weighted by Crippen LogP contribution is -2.41. The topological polar surface area (TPSA) is 42.0 Å². The monoisotopic (exact) mass is 278 g/mol. The second-order valence-corrected chi connectivity index (χ2v) is 7.17. The summed E-state index contributed by atoms with van der Waals surface area (Å²) >= 11 is 1.77. The highest BCUT2D eigenvalue weighted by Crippen LogP contribution is 2.30. The number of nitrogens with one attached hydrogen (secondary N) is 1. The van der Waals surface area contributed by atoms with E-state index < -0.39 is 0 Å². The quantitative estimate of drug-likeness (QED) is 0.903. The van der Waals surface area contributed by atoms with Gasteiger partial charge in [0.15, 0.2) is 0 Å². The Morgan fingerprint density at radius 1 is 1.26 bits per heavy atom. The van der Waals surface area contributed by atoms with Crippen molar-refractivity contribution >= 4 is 17.2 Å². The van der Waals surface area contributed by atoms with Crippen LogP contribution in [-0.2, 0) is 17.6 Å². The van der Waals surface area contributed by atoms with Crippen molar-refractivity contribution in [3.05, 3.63) is 15.6 Å². The molecular formula is C15H22N2OS. The van der Waals surface area contributed by atoms with Crippen molar-refractivity contribution in [3.8, 4) is 0 Å². The van der Waals surface area contributed by atoms with Gasteiger partial charge in [-0.25, -0.2) is 4.98 Å². The van der Waals surface area contributed by atoms with Crippen molar-refractivity contribution in [2.75, 3.05) is 0 Å². The zero-order valence-corrected chi connectivity index (χ0v) is 12.4. The van der Waals surface area contributed by atoms with E-state index in [1.807, 2.05) is 0 Å². The SMILES string of the molecule is Cc1nc2c(s1)CC(C(=O)NC1CCCCC1)CC2. The molecule has 0 saturated heterocycles. The number of hydrogen-bond acceptors (Lipinski definition) is 3. The molecule has 3 nitrogen and oxygen atoms in total. The number of carbonyl (C=O) groups is 1. The van der Waals surface area contributed by atoms with Crippen molar-refractivity contribution < 1.29 is 4.79 Å². The highest BCUT2D eigenvalue weighted by atomic mass is 32.1. The van der Waals surface area contributed by atoms with E-state index in [-0.39, 0.29) is 11.8 Å². The van der Waals surface area contributed by atoms with Gasteiger partial charge in [-0.2, -0.15) is 0 Å². The van der Waals surface area contributed by atoms with E-state index in [1.54, 1.807) is 11.3 Å². The number of aromatic nitrogens is 1. The first-order valence-electron chi connectivity index (χ1n) is 7.48. The van der Waals surface area contributed by atoms with Crippen molar-refractivity contribution in [2.45, 2.75) is 64.3 Å². The van der Waals surface area contributed by atoms with Gasteiger partial charge >= 0.3 is 0 Å². The molecule has 0 bridgehead atoms. The fraction of sp³-hybridized carbons (Fsp3) is 0.733. The number of thiazole rings is 1. The zero-order valence-electron chi connectivity index (χ0n) is 11.6. The lowest BCUT2D eigenvalue weighted by atomic mass is 9.89. The van der Waals surface area contributed by atoms with Gasteiger partial charge < -0.3 is 5.32 Å². The van der Waals surface area contributed by atoms with Crippen LogP contribution in [0.25, 0.3) is 0 Å². The van der Waals surface area contributed by atoms with Crippen molar-refractivity contribution in [1.82, 2.24) is 10.3 Å². The van der Waals surface area contributed by atoms with E-state index in [0.29, 0.717) is 6.04 Å². The van der Waals surface area contributed by atoms with Gasteiger partial charge in [0.1, 0.15) is 0 Å². The molecule has 104 valence electrons. The van der Waals surface area contributed by atoms with Gasteiger partial charge in [0.05, 0.1) is 10.7 Å². The molecule has 1 aromatic rings. The van der Waals surface area contributed by atoms with Gasteiger partial charge in [0.25, 0.3) is 0 Å². The Balaban J connectivity index is 1.59. The first kappa shape index (κ1) is 13.1. The second kappa shape index (κ2) is 5.61. The first-order chi connectivity index (χ1) is 9.22. The third-order valence-corrected chi connectivity index (χ3v) is 5.40. The van der Waals surface area contributed by atoms with Crippen LogP contribution in [0.3, 0.4) is 0 Å². The van der Waals surface area contributed by atoms with Gasteiger partial charge in [0, 0.05) is 16.8 Å². The highest BCUT2D eigenvalue weighted by molar-refractivity contribution is 7.11. The number of carbonyl (C=O) groups excluding carboxylic acids is 1. The molecule has 3 rings (SSSR count). The maximum atomic E-state index is 12.4. The number of fused-ring (bicyclic) bond motifs is 1. The minimum absolute atomic E-state index is 0.175. The lowest BCUT2D eigenvalue weighted by molar-refractivity contribution is -0.126. The maximum absolute atomic E-state index is 12.4. The molecule has 1 aromatic heterocycles. The summed E-state index contributed by atoms with van der Waals surface area (Å²) in [6.45, 7) is 2.06. The third kappa shape index (κ3) is 2.99. The molecule has 0 spiro atoms. The highest BCUT2D eigenvalue weighted by Gasteiger charge is 2.28. The van der Waals surface area contributed by atoms with Crippen LogP contribution in [-0.4, -0.2) is 16.9 Å². The first-order valence-corrected chi connectivity index (χ1v) is 8.29. The van der Waals surface area contributed by atoms with Crippen LogP contribution in [0, 0.1) is 12.8 Å². The predicted octanol–water partition coefficient (Wildman–Crippen LogP) is 3.01. The van der Waals surface area contributed by atoms with Crippen molar-refractivity contribution in [2.24, 2.45) is 5.92 Å². The second-order valence-electron chi connectivity index (χ2n) is 5.89. The molecule has 1 unspecified atom stereocenters. The minimum Gasteiger partial charge on any atom is -0.353 e. The Morgan fingerprint density at radius 2 is 2.05 bits per heavy atom. The van der Waals surface area contributed by atoms with Crippen LogP contribution in [0.1, 0.15) is 54.1 Å². The van der Waals surface area contributed by atoms with Crippen molar-refractivity contribution in [1.29, 1.82) is 0 Å². The average Bonchev–Trinajstić information content (AvgIpc) is 2.78. The molecule has 0 aromatic carbocycles. The fourth-order valence-electron chi connectivity index (χ4n) is 3.29. The molecule has 0 aliphatic heterocycles. The molecule has 0 radical (unpaired) electrons. The number of aryl methyl sites for hydroxylation is 2. The molecule has 1 amide bonds. The maximum Gasteiger partial charge on any atom is 0.223 e. The Bertz CT molecular complexity index is 463. The number of amides is 1. The van der Waals surface area contributed by atoms with Gasteiger partial charge in [-0.15, -0.1) is 11.3 Å². The molecule has 1 saturated carbocycles. The number of rotatable bonds is 2. The molecule has 1 atom stereocenters. The van der Waals surface area contributed by atoms with Crippen molar-refractivity contribution in [3.63, 3.8) is 0 Å². The molecule has 4 heteroatoms. The summed E-state index contributed by atoms with van der Waals surface area (Å²) in [4.78, 5) is 18.2. The van der Waals surface area contributed by atoms with Crippen LogP contribution in [0.5, 0.6) is 0 Å². The van der Waals surface area contributed by atoms with Gasteiger partial charge in [-0.1, -0.05) is 19.3 Å². The summed E-state index contributed by atoms with van der Waals surface area (Å²) in [6, 6.07) is 0.436. The summed E-state index contributed by atoms with van der Waals surface area (Å²) < 4.78 is 0. The summed E-state index contributed by atoms with van der Waals surface area (Å²) in [6.07, 6.45) is 9.06. The number of hydrogen-bond donors (Lipinski definition) is 1. The zero-order chi connectivity index (χ0) is 13.2. The molecular weight excluding hydrogens is 256 g/mol. The standard InChI is InChI=1S/C15H22N2OS/c1-10-16-13-8-7-11(9-14(13)19-10)15(18)17-12-5-3-2-4-6-12/h11-12H,2-9H2,1H3,(H,17,18). The normalized spacial score (nSPS) is 23.9. The fourth-order valence-corrected chi connectivity index (χ4v) is 4.36. The molecule has 2 aliphatic carbocycles. The van der Waals surface area contributed by atoms with E-state index in [9.17, 15) is 4.79 Å². The number of nitrogens with zero attached hydrogens (tertiary/aromatic N) is 1. The Kier molecular flexibility index (Phi) is 3.87. The van der Waals surface area contributed by atoms with Crippen LogP contribution in [0.15, 0.2) is 0 Å². The molecule has 1 heterocycles. The lowest BCUT2D eigenvalue weighted by Gasteiger charge is -2.26. The summed E-state index contributed by atoms with van der Waals surface area (Å²) in [7, 11) is 0. The van der Waals surface area contributed by atoms with Crippen LogP contribution in [0.4, 0.5) is 0 Å². The molecule has 1 N–H and O–H groups in total. The van der Waals surface area contributed by atoms with E-state index >= 15 is 0 Å². The Labute approximate surface area is 118 Å².